The third kappa shape index (κ3) is 3.19. The predicted molar refractivity (Wildman–Crippen MR) is 75.2 cm³/mol. The highest BCUT2D eigenvalue weighted by atomic mass is 127. The summed E-state index contributed by atoms with van der Waals surface area (Å²) in [5.74, 6) is -0.116. The largest absolute Gasteiger partial charge is 0.460 e. The summed E-state index contributed by atoms with van der Waals surface area (Å²) in [6.07, 6.45) is 0.849. The van der Waals surface area contributed by atoms with Gasteiger partial charge < -0.3 is 4.74 Å². The van der Waals surface area contributed by atoms with Gasteiger partial charge in [0.1, 0.15) is 12.1 Å². The molecule has 0 radical (unpaired) electrons. The third-order valence-corrected chi connectivity index (χ3v) is 3.97. The summed E-state index contributed by atoms with van der Waals surface area (Å²) in [6.45, 7) is 2.07. The highest BCUT2D eigenvalue weighted by molar-refractivity contribution is 14.1. The molecular formula is C13H16INO2. The Balaban J connectivity index is 1.95. The Morgan fingerprint density at radius 3 is 2.76 bits per heavy atom. The number of esters is 1. The number of hydrogen-bond donors (Lipinski definition) is 1. The summed E-state index contributed by atoms with van der Waals surface area (Å²) in [6, 6.07) is 10.1. The summed E-state index contributed by atoms with van der Waals surface area (Å²) in [4.78, 5) is 11.6. The maximum atomic E-state index is 11.6. The van der Waals surface area contributed by atoms with E-state index in [-0.39, 0.29) is 24.2 Å². The number of nitrogens with one attached hydrogen (secondary N) is 1. The molecular weight excluding hydrogens is 329 g/mol. The van der Waals surface area contributed by atoms with Crippen molar-refractivity contribution < 1.29 is 9.53 Å². The standard InChI is InChI=1S/C13H16INO2/c1-9(10-5-3-2-4-6-10)15-12-7-11(8-14)17-13(12)16/h2-6,9,11-12,15H,7-8H2,1H3/t9-,11+,12+/m0/s1. The molecule has 17 heavy (non-hydrogen) atoms. The van der Waals surface area contributed by atoms with Gasteiger partial charge in [-0.05, 0) is 12.5 Å². The van der Waals surface area contributed by atoms with E-state index in [9.17, 15) is 4.79 Å². The molecule has 1 N–H and O–H groups in total. The molecule has 1 aliphatic rings. The maximum absolute atomic E-state index is 11.6. The first-order chi connectivity index (χ1) is 8.20. The van der Waals surface area contributed by atoms with Gasteiger partial charge in [0.05, 0.1) is 0 Å². The van der Waals surface area contributed by atoms with Crippen molar-refractivity contribution in [2.75, 3.05) is 4.43 Å². The van der Waals surface area contributed by atoms with Gasteiger partial charge in [0, 0.05) is 16.9 Å². The minimum atomic E-state index is -0.162. The molecule has 92 valence electrons. The number of ether oxygens (including phenoxy) is 1. The van der Waals surface area contributed by atoms with Crippen LogP contribution in [0.15, 0.2) is 30.3 Å². The topological polar surface area (TPSA) is 38.3 Å². The number of halogens is 1. The van der Waals surface area contributed by atoms with Crippen LogP contribution in [0.1, 0.15) is 24.9 Å². The second-order valence-corrected chi connectivity index (χ2v) is 5.18. The molecule has 0 bridgehead atoms. The van der Waals surface area contributed by atoms with Gasteiger partial charge in [0.25, 0.3) is 0 Å². The lowest BCUT2D eigenvalue weighted by molar-refractivity contribution is -0.142. The molecule has 0 aliphatic carbocycles. The lowest BCUT2D eigenvalue weighted by Gasteiger charge is -2.17. The van der Waals surface area contributed by atoms with Crippen molar-refractivity contribution in [3.05, 3.63) is 35.9 Å². The molecule has 0 aromatic heterocycles. The average molecular weight is 345 g/mol. The molecule has 0 unspecified atom stereocenters. The summed E-state index contributed by atoms with van der Waals surface area (Å²) in [5.41, 5.74) is 1.19. The van der Waals surface area contributed by atoms with E-state index < -0.39 is 0 Å². The first-order valence-electron chi connectivity index (χ1n) is 5.78. The summed E-state index contributed by atoms with van der Waals surface area (Å²) in [5, 5.41) is 3.33. The van der Waals surface area contributed by atoms with Gasteiger partial charge in [-0.1, -0.05) is 52.9 Å². The molecule has 1 heterocycles. The molecule has 4 heteroatoms. The summed E-state index contributed by atoms with van der Waals surface area (Å²) >= 11 is 2.25. The quantitative estimate of drug-likeness (QED) is 0.518. The van der Waals surface area contributed by atoms with Crippen LogP contribution in [0, 0.1) is 0 Å². The predicted octanol–water partition coefficient (Wildman–Crippen LogP) is 2.46. The average Bonchev–Trinajstić information content (AvgIpc) is 2.71. The van der Waals surface area contributed by atoms with Crippen LogP contribution >= 0.6 is 22.6 Å². The Labute approximate surface area is 115 Å². The van der Waals surface area contributed by atoms with Crippen LogP contribution in [-0.4, -0.2) is 22.5 Å². The molecule has 3 nitrogen and oxygen atoms in total. The van der Waals surface area contributed by atoms with Crippen molar-refractivity contribution >= 4 is 28.6 Å². The fraction of sp³-hybridized carbons (Fsp3) is 0.462. The first kappa shape index (κ1) is 12.8. The second kappa shape index (κ2) is 5.82. The van der Waals surface area contributed by atoms with Crippen LogP contribution in [0.2, 0.25) is 0 Å². The third-order valence-electron chi connectivity index (χ3n) is 2.99. The van der Waals surface area contributed by atoms with Gasteiger partial charge in [0.2, 0.25) is 0 Å². The Morgan fingerprint density at radius 1 is 1.47 bits per heavy atom. The van der Waals surface area contributed by atoms with Gasteiger partial charge in [-0.3, -0.25) is 10.1 Å². The normalized spacial score (nSPS) is 25.6. The van der Waals surface area contributed by atoms with E-state index in [4.69, 9.17) is 4.74 Å². The zero-order valence-electron chi connectivity index (χ0n) is 9.73. The summed E-state index contributed by atoms with van der Waals surface area (Å²) < 4.78 is 6.11. The fourth-order valence-corrected chi connectivity index (χ4v) is 2.56. The van der Waals surface area contributed by atoms with Crippen molar-refractivity contribution in [3.63, 3.8) is 0 Å². The van der Waals surface area contributed by atoms with E-state index in [0.29, 0.717) is 0 Å². The van der Waals surface area contributed by atoms with Crippen LogP contribution in [0.4, 0.5) is 0 Å². The molecule has 1 fully saturated rings. The van der Waals surface area contributed by atoms with Gasteiger partial charge in [-0.15, -0.1) is 0 Å². The van der Waals surface area contributed by atoms with Crippen molar-refractivity contribution in [1.29, 1.82) is 0 Å². The Kier molecular flexibility index (Phi) is 4.39. The minimum absolute atomic E-state index is 0.0728. The lowest BCUT2D eigenvalue weighted by atomic mass is 10.1. The zero-order valence-corrected chi connectivity index (χ0v) is 11.9. The van der Waals surface area contributed by atoms with E-state index in [1.807, 2.05) is 18.2 Å². The van der Waals surface area contributed by atoms with Crippen LogP contribution in [-0.2, 0) is 9.53 Å². The van der Waals surface area contributed by atoms with Crippen molar-refractivity contribution in [1.82, 2.24) is 5.32 Å². The molecule has 1 aromatic rings. The van der Waals surface area contributed by atoms with Crippen LogP contribution in [0.25, 0.3) is 0 Å². The molecule has 1 saturated heterocycles. The molecule has 1 aliphatic heterocycles. The van der Waals surface area contributed by atoms with Crippen molar-refractivity contribution in [2.45, 2.75) is 31.5 Å². The Hall–Kier alpha value is -0.620. The Bertz CT molecular complexity index is 382. The minimum Gasteiger partial charge on any atom is -0.460 e. The van der Waals surface area contributed by atoms with Crippen LogP contribution in [0.3, 0.4) is 0 Å². The van der Waals surface area contributed by atoms with Crippen LogP contribution < -0.4 is 5.32 Å². The van der Waals surface area contributed by atoms with Gasteiger partial charge in [-0.25, -0.2) is 0 Å². The number of alkyl halides is 1. The van der Waals surface area contributed by atoms with Crippen LogP contribution in [0.5, 0.6) is 0 Å². The van der Waals surface area contributed by atoms with Gasteiger partial charge >= 0.3 is 5.97 Å². The SMILES string of the molecule is C[C@H](N[C@@H]1C[C@H](CI)OC1=O)c1ccccc1. The smallest absolute Gasteiger partial charge is 0.323 e. The lowest BCUT2D eigenvalue weighted by Crippen LogP contribution is -2.35. The molecule has 0 spiro atoms. The molecule has 0 amide bonds. The second-order valence-electron chi connectivity index (χ2n) is 4.30. The number of rotatable bonds is 4. The Morgan fingerprint density at radius 2 is 2.18 bits per heavy atom. The molecule has 0 saturated carbocycles. The first-order valence-corrected chi connectivity index (χ1v) is 7.30. The van der Waals surface area contributed by atoms with Gasteiger partial charge in [-0.2, -0.15) is 0 Å². The van der Waals surface area contributed by atoms with E-state index in [0.717, 1.165) is 10.8 Å². The molecule has 1 aromatic carbocycles. The zero-order chi connectivity index (χ0) is 12.3. The number of carbonyl (C=O) groups excluding carboxylic acids is 1. The summed E-state index contributed by atoms with van der Waals surface area (Å²) in [7, 11) is 0. The molecule has 3 atom stereocenters. The van der Waals surface area contributed by atoms with Gasteiger partial charge in [0.15, 0.2) is 0 Å². The number of hydrogen-bond acceptors (Lipinski definition) is 3. The van der Waals surface area contributed by atoms with E-state index >= 15 is 0 Å². The van der Waals surface area contributed by atoms with Crippen molar-refractivity contribution in [3.8, 4) is 0 Å². The van der Waals surface area contributed by atoms with Crippen molar-refractivity contribution in [2.24, 2.45) is 0 Å². The fourth-order valence-electron chi connectivity index (χ4n) is 2.02. The number of benzene rings is 1. The maximum Gasteiger partial charge on any atom is 0.323 e. The highest BCUT2D eigenvalue weighted by Crippen LogP contribution is 2.20. The highest BCUT2D eigenvalue weighted by Gasteiger charge is 2.34. The molecule has 2 rings (SSSR count). The number of carbonyl (C=O) groups is 1. The van der Waals surface area contributed by atoms with E-state index in [1.165, 1.54) is 5.56 Å². The van der Waals surface area contributed by atoms with E-state index in [1.54, 1.807) is 0 Å². The monoisotopic (exact) mass is 345 g/mol. The number of cyclic esters (lactones) is 1. The van der Waals surface area contributed by atoms with E-state index in [2.05, 4.69) is 47.0 Å².